The van der Waals surface area contributed by atoms with Crippen LogP contribution in [0.3, 0.4) is 0 Å². The first-order chi connectivity index (χ1) is 14.0. The molecular weight excluding hydrogens is 394 g/mol. The average Bonchev–Trinajstić information content (AvgIpc) is 3.31. The van der Waals surface area contributed by atoms with Crippen LogP contribution in [-0.2, 0) is 6.54 Å². The lowest BCUT2D eigenvalue weighted by Crippen LogP contribution is -2.27. The third-order valence-corrected chi connectivity index (χ3v) is 4.51. The fraction of sp³-hybridized carbons (Fsp3) is 0.211. The van der Waals surface area contributed by atoms with Crippen LogP contribution in [0, 0.1) is 6.92 Å². The van der Waals surface area contributed by atoms with Crippen LogP contribution in [0.5, 0.6) is 0 Å². The van der Waals surface area contributed by atoms with Crippen LogP contribution in [0.1, 0.15) is 21.6 Å². The standard InChI is InChI=1S/C19H18ClN7O2/c1-12-6-13(7-23-18(12)27-10-14(20)8-24-27)9-26-11-15-16(25-26)2-3-21-17(15)19(29)22-4-5-28/h2-3,6-8,10-11,28H,4-5,9H2,1H3,(H,22,29). The monoisotopic (exact) mass is 411 g/mol. The number of aliphatic hydroxyl groups excluding tert-OH is 1. The number of aliphatic hydroxyl groups is 1. The summed E-state index contributed by atoms with van der Waals surface area (Å²) in [6.07, 6.45) is 8.36. The SMILES string of the molecule is Cc1cc(Cn2cc3c(C(=O)NCCO)nccc3n2)cnc1-n1cc(Cl)cn1. The Kier molecular flexibility index (Phi) is 5.24. The zero-order valence-corrected chi connectivity index (χ0v) is 16.3. The third-order valence-electron chi connectivity index (χ3n) is 4.31. The van der Waals surface area contributed by atoms with Crippen LogP contribution < -0.4 is 5.32 Å². The van der Waals surface area contributed by atoms with Gasteiger partial charge in [-0.15, -0.1) is 0 Å². The van der Waals surface area contributed by atoms with Crippen LogP contribution >= 0.6 is 11.6 Å². The van der Waals surface area contributed by atoms with Gasteiger partial charge in [-0.1, -0.05) is 11.6 Å². The summed E-state index contributed by atoms with van der Waals surface area (Å²) < 4.78 is 3.38. The molecule has 4 rings (SSSR count). The summed E-state index contributed by atoms with van der Waals surface area (Å²) in [5.74, 6) is 0.363. The molecule has 29 heavy (non-hydrogen) atoms. The highest BCUT2D eigenvalue weighted by molar-refractivity contribution is 6.30. The number of aromatic nitrogens is 6. The lowest BCUT2D eigenvalue weighted by atomic mass is 10.2. The summed E-state index contributed by atoms with van der Waals surface area (Å²) in [7, 11) is 0. The van der Waals surface area contributed by atoms with E-state index in [2.05, 4.69) is 25.5 Å². The molecule has 0 atom stereocenters. The number of carbonyl (C=O) groups excluding carboxylic acids is 1. The fourth-order valence-corrected chi connectivity index (χ4v) is 3.20. The average molecular weight is 412 g/mol. The van der Waals surface area contributed by atoms with Crippen molar-refractivity contribution in [1.29, 1.82) is 0 Å². The number of halogens is 1. The predicted octanol–water partition coefficient (Wildman–Crippen LogP) is 1.74. The van der Waals surface area contributed by atoms with Crippen LogP contribution in [0.2, 0.25) is 5.02 Å². The molecule has 0 aliphatic carbocycles. The van der Waals surface area contributed by atoms with Gasteiger partial charge in [0.25, 0.3) is 5.91 Å². The van der Waals surface area contributed by atoms with Crippen LogP contribution in [-0.4, -0.2) is 53.7 Å². The number of fused-ring (bicyclic) bond motifs is 1. The quantitative estimate of drug-likeness (QED) is 0.500. The van der Waals surface area contributed by atoms with Gasteiger partial charge in [0, 0.05) is 25.1 Å². The fourth-order valence-electron chi connectivity index (χ4n) is 3.06. The van der Waals surface area contributed by atoms with Gasteiger partial charge in [0.2, 0.25) is 0 Å². The van der Waals surface area contributed by atoms with E-state index < -0.39 is 0 Å². The summed E-state index contributed by atoms with van der Waals surface area (Å²) in [6.45, 7) is 2.48. The maximum absolute atomic E-state index is 12.3. The first kappa shape index (κ1) is 19.0. The molecule has 10 heteroatoms. The van der Waals surface area contributed by atoms with E-state index in [1.54, 1.807) is 46.4 Å². The zero-order valence-electron chi connectivity index (χ0n) is 15.6. The Morgan fingerprint density at radius 1 is 1.28 bits per heavy atom. The lowest BCUT2D eigenvalue weighted by Gasteiger charge is -2.07. The van der Waals surface area contributed by atoms with Gasteiger partial charge in [0.05, 0.1) is 41.5 Å². The Hall–Kier alpha value is -3.30. The minimum atomic E-state index is -0.344. The smallest absolute Gasteiger partial charge is 0.270 e. The maximum Gasteiger partial charge on any atom is 0.270 e. The van der Waals surface area contributed by atoms with Gasteiger partial charge >= 0.3 is 0 Å². The van der Waals surface area contributed by atoms with Crippen molar-refractivity contribution in [3.05, 3.63) is 65.0 Å². The number of amides is 1. The molecule has 4 heterocycles. The highest BCUT2D eigenvalue weighted by atomic mass is 35.5. The van der Waals surface area contributed by atoms with E-state index in [1.165, 1.54) is 0 Å². The van der Waals surface area contributed by atoms with Crippen molar-refractivity contribution in [2.24, 2.45) is 0 Å². The molecule has 0 saturated carbocycles. The molecule has 0 spiro atoms. The number of pyridine rings is 2. The van der Waals surface area contributed by atoms with Gasteiger partial charge in [-0.2, -0.15) is 10.2 Å². The Morgan fingerprint density at radius 3 is 2.86 bits per heavy atom. The van der Waals surface area contributed by atoms with E-state index in [4.69, 9.17) is 16.7 Å². The second kappa shape index (κ2) is 7.98. The minimum absolute atomic E-state index is 0.131. The number of aryl methyl sites for hydroxylation is 1. The largest absolute Gasteiger partial charge is 0.395 e. The van der Waals surface area contributed by atoms with Crippen LogP contribution in [0.25, 0.3) is 16.7 Å². The van der Waals surface area contributed by atoms with Gasteiger partial charge in [-0.25, -0.2) is 9.67 Å². The van der Waals surface area contributed by atoms with Crippen molar-refractivity contribution in [2.75, 3.05) is 13.2 Å². The van der Waals surface area contributed by atoms with Gasteiger partial charge in [0.1, 0.15) is 5.69 Å². The molecule has 148 valence electrons. The topological polar surface area (TPSA) is 111 Å². The molecule has 0 radical (unpaired) electrons. The summed E-state index contributed by atoms with van der Waals surface area (Å²) in [4.78, 5) is 20.9. The van der Waals surface area contributed by atoms with Crippen LogP contribution in [0.4, 0.5) is 0 Å². The molecule has 0 saturated heterocycles. The second-order valence-corrected chi connectivity index (χ2v) is 6.92. The van der Waals surface area contributed by atoms with Gasteiger partial charge in [-0.3, -0.25) is 14.5 Å². The molecular formula is C19H18ClN7O2. The van der Waals surface area contributed by atoms with E-state index in [0.717, 1.165) is 11.1 Å². The number of hydrogen-bond donors (Lipinski definition) is 2. The molecule has 1 amide bonds. The first-order valence-electron chi connectivity index (χ1n) is 8.92. The van der Waals surface area contributed by atoms with Gasteiger partial charge < -0.3 is 10.4 Å². The molecule has 0 aliphatic heterocycles. The van der Waals surface area contributed by atoms with Gasteiger partial charge in [0.15, 0.2) is 5.82 Å². The number of carbonyl (C=O) groups is 1. The van der Waals surface area contributed by atoms with E-state index in [0.29, 0.717) is 28.3 Å². The number of nitrogens with one attached hydrogen (secondary N) is 1. The molecule has 9 nitrogen and oxygen atoms in total. The minimum Gasteiger partial charge on any atom is -0.395 e. The normalized spacial score (nSPS) is 11.1. The Bertz CT molecular complexity index is 1180. The van der Waals surface area contributed by atoms with Crippen LogP contribution in [0.15, 0.2) is 43.1 Å². The van der Waals surface area contributed by atoms with Crippen molar-refractivity contribution >= 4 is 28.4 Å². The van der Waals surface area contributed by atoms with Crippen molar-refractivity contribution < 1.29 is 9.90 Å². The highest BCUT2D eigenvalue weighted by Gasteiger charge is 2.14. The van der Waals surface area contributed by atoms with E-state index >= 15 is 0 Å². The Morgan fingerprint density at radius 2 is 2.14 bits per heavy atom. The Balaban J connectivity index is 1.60. The Labute approximate surface area is 171 Å². The molecule has 0 aromatic carbocycles. The number of nitrogens with zero attached hydrogens (tertiary/aromatic N) is 6. The van der Waals surface area contributed by atoms with Crippen molar-refractivity contribution in [2.45, 2.75) is 13.5 Å². The second-order valence-electron chi connectivity index (χ2n) is 6.49. The van der Waals surface area contributed by atoms with Crippen molar-refractivity contribution in [3.63, 3.8) is 0 Å². The summed E-state index contributed by atoms with van der Waals surface area (Å²) >= 11 is 5.93. The van der Waals surface area contributed by atoms with E-state index in [-0.39, 0.29) is 24.8 Å². The molecule has 0 bridgehead atoms. The predicted molar refractivity (Wildman–Crippen MR) is 107 cm³/mol. The molecule has 0 aliphatic rings. The molecule has 2 N–H and O–H groups in total. The third kappa shape index (κ3) is 3.96. The van der Waals surface area contributed by atoms with E-state index in [1.807, 2.05) is 13.0 Å². The number of rotatable bonds is 6. The van der Waals surface area contributed by atoms with Gasteiger partial charge in [-0.05, 0) is 30.2 Å². The summed E-state index contributed by atoms with van der Waals surface area (Å²) in [5.41, 5.74) is 2.85. The molecule has 4 aromatic rings. The zero-order chi connectivity index (χ0) is 20.4. The maximum atomic E-state index is 12.3. The van der Waals surface area contributed by atoms with E-state index in [9.17, 15) is 4.79 Å². The summed E-state index contributed by atoms with van der Waals surface area (Å²) in [6, 6.07) is 3.76. The molecule has 0 fully saturated rings. The molecule has 0 unspecified atom stereocenters. The lowest BCUT2D eigenvalue weighted by molar-refractivity contribution is 0.0941. The molecule has 4 aromatic heterocycles. The number of hydrogen-bond acceptors (Lipinski definition) is 6. The summed E-state index contributed by atoms with van der Waals surface area (Å²) in [5, 5.41) is 21.4. The highest BCUT2D eigenvalue weighted by Crippen LogP contribution is 2.18. The van der Waals surface area contributed by atoms with Crippen molar-refractivity contribution in [3.8, 4) is 5.82 Å². The van der Waals surface area contributed by atoms with Crippen molar-refractivity contribution in [1.82, 2.24) is 34.8 Å². The first-order valence-corrected chi connectivity index (χ1v) is 9.30.